The first-order valence-electron chi connectivity index (χ1n) is 9.44. The Morgan fingerprint density at radius 1 is 1.23 bits per heavy atom. The molecule has 1 aromatic carbocycles. The number of amides is 2. The van der Waals surface area contributed by atoms with Gasteiger partial charge in [-0.1, -0.05) is 6.07 Å². The molecule has 3 aromatic rings. The minimum Gasteiger partial charge on any atom is -0.350 e. The molecule has 1 N–H and O–H groups in total. The third kappa shape index (κ3) is 4.55. The zero-order valence-electron chi connectivity index (χ0n) is 16.6. The summed E-state index contributed by atoms with van der Waals surface area (Å²) in [5, 5.41) is 4.89. The summed E-state index contributed by atoms with van der Waals surface area (Å²) < 4.78 is 0.988. The zero-order valence-corrected chi connectivity index (χ0v) is 19.8. The summed E-state index contributed by atoms with van der Waals surface area (Å²) >= 11 is 6.62. The van der Waals surface area contributed by atoms with Crippen LogP contribution in [0.1, 0.15) is 27.3 Å². The normalized spacial score (nSPS) is 13.6. The van der Waals surface area contributed by atoms with Crippen molar-refractivity contribution in [1.82, 2.24) is 5.32 Å². The Hall–Kier alpha value is -2.29. The van der Waals surface area contributed by atoms with E-state index in [0.29, 0.717) is 12.2 Å². The lowest BCUT2D eigenvalue weighted by Crippen LogP contribution is -2.40. The molecule has 2 aromatic heterocycles. The molecular weight excluding hydrogens is 482 g/mol. The Labute approximate surface area is 191 Å². The maximum atomic E-state index is 13.2. The topological polar surface area (TPSA) is 61.8 Å². The molecule has 0 saturated heterocycles. The molecule has 0 aliphatic carbocycles. The van der Waals surface area contributed by atoms with Crippen molar-refractivity contribution in [3.05, 3.63) is 66.4 Å². The number of halogens is 1. The van der Waals surface area contributed by atoms with Crippen LogP contribution in [0.2, 0.25) is 0 Å². The van der Waals surface area contributed by atoms with Crippen molar-refractivity contribution in [2.75, 3.05) is 11.4 Å². The van der Waals surface area contributed by atoms with Crippen molar-refractivity contribution < 1.29 is 9.59 Å². The molecular formula is C22H20BrN3O2S2. The minimum absolute atomic E-state index is 0.0311. The van der Waals surface area contributed by atoms with Crippen LogP contribution in [0.25, 0.3) is 0 Å². The van der Waals surface area contributed by atoms with E-state index in [4.69, 9.17) is 4.99 Å². The molecule has 0 saturated carbocycles. The summed E-state index contributed by atoms with van der Waals surface area (Å²) in [6, 6.07) is 11.8. The molecule has 0 spiro atoms. The highest BCUT2D eigenvalue weighted by Crippen LogP contribution is 2.36. The number of nitrogens with one attached hydrogen (secondary N) is 1. The Bertz CT molecular complexity index is 1140. The molecule has 8 heteroatoms. The fraction of sp³-hybridized carbons (Fsp3) is 0.227. The van der Waals surface area contributed by atoms with E-state index >= 15 is 0 Å². The number of aryl methyl sites for hydroxylation is 2. The number of carbonyl (C=O) groups is 2. The number of thiophene rings is 2. The van der Waals surface area contributed by atoms with Crippen molar-refractivity contribution in [3.8, 4) is 0 Å². The number of hydrogen-bond donors (Lipinski definition) is 1. The molecule has 2 amide bonds. The largest absolute Gasteiger partial charge is 0.350 e. The quantitative estimate of drug-likeness (QED) is 0.511. The van der Waals surface area contributed by atoms with E-state index in [9.17, 15) is 9.59 Å². The van der Waals surface area contributed by atoms with Gasteiger partial charge in [-0.05, 0) is 76.6 Å². The maximum Gasteiger partial charge on any atom is 0.240 e. The van der Waals surface area contributed by atoms with Gasteiger partial charge in [-0.15, -0.1) is 22.7 Å². The predicted octanol–water partition coefficient (Wildman–Crippen LogP) is 5.36. The molecule has 154 valence electrons. The van der Waals surface area contributed by atoms with Crippen LogP contribution in [-0.4, -0.2) is 24.1 Å². The predicted molar refractivity (Wildman–Crippen MR) is 127 cm³/mol. The van der Waals surface area contributed by atoms with Gasteiger partial charge in [-0.25, -0.2) is 4.99 Å². The summed E-state index contributed by atoms with van der Waals surface area (Å²) in [6.45, 7) is 4.46. The third-order valence-electron chi connectivity index (χ3n) is 4.96. The molecule has 0 unspecified atom stereocenters. The lowest BCUT2D eigenvalue weighted by molar-refractivity contribution is -0.123. The fourth-order valence-corrected chi connectivity index (χ4v) is 5.25. The van der Waals surface area contributed by atoms with Gasteiger partial charge in [0.15, 0.2) is 0 Å². The zero-order chi connectivity index (χ0) is 21.3. The van der Waals surface area contributed by atoms with Gasteiger partial charge in [0.05, 0.1) is 38.7 Å². The van der Waals surface area contributed by atoms with Crippen molar-refractivity contribution >= 4 is 67.5 Å². The monoisotopic (exact) mass is 501 g/mol. The van der Waals surface area contributed by atoms with Crippen molar-refractivity contribution in [2.45, 2.75) is 26.8 Å². The first-order valence-corrected chi connectivity index (χ1v) is 11.9. The van der Waals surface area contributed by atoms with Gasteiger partial charge >= 0.3 is 0 Å². The third-order valence-corrected chi connectivity index (χ3v) is 7.51. The van der Waals surface area contributed by atoms with Crippen LogP contribution in [0, 0.1) is 13.8 Å². The Balaban J connectivity index is 1.64. The molecule has 5 nitrogen and oxygen atoms in total. The van der Waals surface area contributed by atoms with Gasteiger partial charge in [-0.3, -0.25) is 9.59 Å². The lowest BCUT2D eigenvalue weighted by Gasteiger charge is -2.23. The van der Waals surface area contributed by atoms with E-state index in [1.165, 1.54) is 0 Å². The van der Waals surface area contributed by atoms with E-state index in [1.54, 1.807) is 27.6 Å². The molecule has 0 atom stereocenters. The van der Waals surface area contributed by atoms with Crippen LogP contribution in [0.15, 0.2) is 50.6 Å². The molecule has 1 aliphatic heterocycles. The van der Waals surface area contributed by atoms with E-state index in [0.717, 1.165) is 36.1 Å². The second-order valence-corrected chi connectivity index (χ2v) is 10.6. The number of fused-ring (bicyclic) bond motifs is 1. The van der Waals surface area contributed by atoms with Crippen LogP contribution in [0.5, 0.6) is 0 Å². The number of hydrogen-bond acceptors (Lipinski definition) is 5. The van der Waals surface area contributed by atoms with Gasteiger partial charge in [0, 0.05) is 4.88 Å². The standard InChI is InChI=1S/C22H20BrN3O2S2/c1-13-8-16-18(9-14(13)2)26(12-21(27)24-11-15-4-3-7-29-15)22(28)10-17(25-16)19-5-6-20(23)30-19/h3-9H,10-12H2,1-2H3,(H,24,27). The Morgan fingerprint density at radius 3 is 2.73 bits per heavy atom. The highest BCUT2D eigenvalue weighted by atomic mass is 79.9. The SMILES string of the molecule is Cc1cc2c(cc1C)N(CC(=O)NCc1cccs1)C(=O)CC(c1ccc(Br)s1)=N2. The van der Waals surface area contributed by atoms with Crippen LogP contribution < -0.4 is 10.2 Å². The van der Waals surface area contributed by atoms with Gasteiger partial charge in [0.1, 0.15) is 6.54 Å². The van der Waals surface area contributed by atoms with Crippen LogP contribution >= 0.6 is 38.6 Å². The molecule has 0 fully saturated rings. The van der Waals surface area contributed by atoms with Gasteiger partial charge < -0.3 is 10.2 Å². The number of benzene rings is 1. The number of anilines is 1. The highest BCUT2D eigenvalue weighted by Gasteiger charge is 2.27. The second kappa shape index (κ2) is 8.83. The van der Waals surface area contributed by atoms with E-state index in [2.05, 4.69) is 21.2 Å². The molecule has 0 bridgehead atoms. The van der Waals surface area contributed by atoms with E-state index in [-0.39, 0.29) is 24.8 Å². The number of rotatable bonds is 5. The molecule has 4 rings (SSSR count). The van der Waals surface area contributed by atoms with Crippen molar-refractivity contribution in [3.63, 3.8) is 0 Å². The molecule has 1 aliphatic rings. The highest BCUT2D eigenvalue weighted by molar-refractivity contribution is 9.11. The summed E-state index contributed by atoms with van der Waals surface area (Å²) in [5.74, 6) is -0.324. The molecule has 30 heavy (non-hydrogen) atoms. The first-order chi connectivity index (χ1) is 14.4. The Morgan fingerprint density at radius 2 is 2.03 bits per heavy atom. The molecule has 0 radical (unpaired) electrons. The summed E-state index contributed by atoms with van der Waals surface area (Å²) in [7, 11) is 0. The lowest BCUT2D eigenvalue weighted by atomic mass is 10.1. The van der Waals surface area contributed by atoms with Crippen molar-refractivity contribution in [1.29, 1.82) is 0 Å². The van der Waals surface area contributed by atoms with Gasteiger partial charge in [0.2, 0.25) is 11.8 Å². The summed E-state index contributed by atoms with van der Waals surface area (Å²) in [6.07, 6.45) is 0.151. The van der Waals surface area contributed by atoms with Crippen LogP contribution in [-0.2, 0) is 16.1 Å². The summed E-state index contributed by atoms with van der Waals surface area (Å²) in [4.78, 5) is 34.2. The maximum absolute atomic E-state index is 13.2. The van der Waals surface area contributed by atoms with Gasteiger partial charge in [0.25, 0.3) is 0 Å². The van der Waals surface area contributed by atoms with Crippen LogP contribution in [0.3, 0.4) is 0 Å². The van der Waals surface area contributed by atoms with Crippen LogP contribution in [0.4, 0.5) is 11.4 Å². The second-order valence-electron chi connectivity index (χ2n) is 7.10. The smallest absolute Gasteiger partial charge is 0.240 e. The number of aliphatic imine (C=N–C) groups is 1. The summed E-state index contributed by atoms with van der Waals surface area (Å²) in [5.41, 5.74) is 4.28. The Kier molecular flexibility index (Phi) is 6.17. The first kappa shape index (κ1) is 21.0. The number of nitrogens with zero attached hydrogens (tertiary/aromatic N) is 2. The van der Waals surface area contributed by atoms with E-state index in [1.807, 2.05) is 55.6 Å². The van der Waals surface area contributed by atoms with Crippen molar-refractivity contribution in [2.24, 2.45) is 4.99 Å². The fourth-order valence-electron chi connectivity index (χ4n) is 3.23. The van der Waals surface area contributed by atoms with E-state index < -0.39 is 0 Å². The van der Waals surface area contributed by atoms with Gasteiger partial charge in [-0.2, -0.15) is 0 Å². The average molecular weight is 502 g/mol. The number of carbonyl (C=O) groups excluding carboxylic acids is 2. The molecule has 3 heterocycles. The minimum atomic E-state index is -0.191. The average Bonchev–Trinajstić information content (AvgIpc) is 3.36.